The number of halogens is 3. The SMILES string of the molecule is CC(=O)C(Cl)c1cc(F)cc(Br)c1. The van der Waals surface area contributed by atoms with Crippen LogP contribution in [-0.2, 0) is 4.79 Å². The number of hydrogen-bond donors (Lipinski definition) is 0. The van der Waals surface area contributed by atoms with Crippen LogP contribution < -0.4 is 0 Å². The molecule has 1 rings (SSSR count). The molecule has 70 valence electrons. The number of carbonyl (C=O) groups is 1. The van der Waals surface area contributed by atoms with Gasteiger partial charge in [-0.05, 0) is 30.7 Å². The van der Waals surface area contributed by atoms with Crippen molar-refractivity contribution in [2.75, 3.05) is 0 Å². The van der Waals surface area contributed by atoms with E-state index in [9.17, 15) is 9.18 Å². The standard InChI is InChI=1S/C9H7BrClFO/c1-5(13)9(11)6-2-7(10)4-8(12)3-6/h2-4,9H,1H3. The van der Waals surface area contributed by atoms with Gasteiger partial charge in [0.05, 0.1) is 0 Å². The third-order valence-corrected chi connectivity index (χ3v) is 2.55. The second-order valence-corrected chi connectivity index (χ2v) is 4.03. The maximum absolute atomic E-state index is 12.9. The van der Waals surface area contributed by atoms with Gasteiger partial charge >= 0.3 is 0 Å². The lowest BCUT2D eigenvalue weighted by Crippen LogP contribution is -2.01. The van der Waals surface area contributed by atoms with Crippen molar-refractivity contribution in [2.45, 2.75) is 12.3 Å². The Morgan fingerprint density at radius 3 is 2.62 bits per heavy atom. The van der Waals surface area contributed by atoms with Gasteiger partial charge in [-0.15, -0.1) is 11.6 Å². The fourth-order valence-corrected chi connectivity index (χ4v) is 1.57. The van der Waals surface area contributed by atoms with E-state index in [2.05, 4.69) is 15.9 Å². The first-order valence-corrected chi connectivity index (χ1v) is 4.84. The van der Waals surface area contributed by atoms with Gasteiger partial charge in [-0.1, -0.05) is 15.9 Å². The molecule has 4 heteroatoms. The summed E-state index contributed by atoms with van der Waals surface area (Å²) in [7, 11) is 0. The largest absolute Gasteiger partial charge is 0.298 e. The fourth-order valence-electron chi connectivity index (χ4n) is 0.956. The van der Waals surface area contributed by atoms with Gasteiger partial charge in [0.2, 0.25) is 0 Å². The highest BCUT2D eigenvalue weighted by Crippen LogP contribution is 2.25. The van der Waals surface area contributed by atoms with E-state index < -0.39 is 11.2 Å². The van der Waals surface area contributed by atoms with E-state index in [-0.39, 0.29) is 5.78 Å². The van der Waals surface area contributed by atoms with Crippen molar-refractivity contribution in [1.29, 1.82) is 0 Å². The molecular weight excluding hydrogens is 258 g/mol. The van der Waals surface area contributed by atoms with Crippen molar-refractivity contribution in [1.82, 2.24) is 0 Å². The van der Waals surface area contributed by atoms with Gasteiger partial charge in [-0.25, -0.2) is 4.39 Å². The van der Waals surface area contributed by atoms with Crippen molar-refractivity contribution < 1.29 is 9.18 Å². The van der Waals surface area contributed by atoms with Crippen LogP contribution in [0.2, 0.25) is 0 Å². The number of carbonyl (C=O) groups excluding carboxylic acids is 1. The van der Waals surface area contributed by atoms with Crippen molar-refractivity contribution >= 4 is 33.3 Å². The van der Waals surface area contributed by atoms with Crippen molar-refractivity contribution in [2.24, 2.45) is 0 Å². The molecule has 0 aliphatic rings. The zero-order chi connectivity index (χ0) is 10.0. The van der Waals surface area contributed by atoms with Gasteiger partial charge in [0.1, 0.15) is 11.2 Å². The van der Waals surface area contributed by atoms with E-state index >= 15 is 0 Å². The maximum atomic E-state index is 12.9. The van der Waals surface area contributed by atoms with Gasteiger partial charge in [0.25, 0.3) is 0 Å². The molecular formula is C9H7BrClFO. The highest BCUT2D eigenvalue weighted by Gasteiger charge is 2.14. The summed E-state index contributed by atoms with van der Waals surface area (Å²) in [4.78, 5) is 10.9. The molecule has 0 saturated carbocycles. The van der Waals surface area contributed by atoms with Gasteiger partial charge < -0.3 is 0 Å². The van der Waals surface area contributed by atoms with Gasteiger partial charge in [-0.2, -0.15) is 0 Å². The molecule has 0 saturated heterocycles. The zero-order valence-corrected chi connectivity index (χ0v) is 9.19. The molecule has 0 spiro atoms. The lowest BCUT2D eigenvalue weighted by molar-refractivity contribution is -0.116. The first-order chi connectivity index (χ1) is 6.00. The lowest BCUT2D eigenvalue weighted by atomic mass is 10.1. The zero-order valence-electron chi connectivity index (χ0n) is 6.85. The van der Waals surface area contributed by atoms with Gasteiger partial charge in [0, 0.05) is 4.47 Å². The Balaban J connectivity index is 3.07. The van der Waals surface area contributed by atoms with E-state index in [0.717, 1.165) is 0 Å². The Hall–Kier alpha value is -0.410. The molecule has 1 nitrogen and oxygen atoms in total. The van der Waals surface area contributed by atoms with Crippen molar-refractivity contribution in [3.05, 3.63) is 34.1 Å². The minimum Gasteiger partial charge on any atom is -0.298 e. The molecule has 0 amide bonds. The van der Waals surface area contributed by atoms with Crippen LogP contribution >= 0.6 is 27.5 Å². The summed E-state index contributed by atoms with van der Waals surface area (Å²) in [5.74, 6) is -0.601. The molecule has 0 bridgehead atoms. The highest BCUT2D eigenvalue weighted by atomic mass is 79.9. The van der Waals surface area contributed by atoms with E-state index in [4.69, 9.17) is 11.6 Å². The predicted molar refractivity (Wildman–Crippen MR) is 53.4 cm³/mol. The minimum atomic E-state index is -0.771. The average molecular weight is 266 g/mol. The average Bonchev–Trinajstić information content (AvgIpc) is 2.01. The molecule has 0 radical (unpaired) electrons. The molecule has 0 N–H and O–H groups in total. The summed E-state index contributed by atoms with van der Waals surface area (Å²) < 4.78 is 13.4. The number of alkyl halides is 1. The first kappa shape index (κ1) is 10.7. The quantitative estimate of drug-likeness (QED) is 0.749. The van der Waals surface area contributed by atoms with Crippen LogP contribution in [0.25, 0.3) is 0 Å². The molecule has 1 aromatic carbocycles. The summed E-state index contributed by atoms with van der Waals surface area (Å²) in [6.07, 6.45) is 0. The number of ketones is 1. The van der Waals surface area contributed by atoms with E-state index in [1.165, 1.54) is 19.1 Å². The summed E-state index contributed by atoms with van der Waals surface area (Å²) in [5.41, 5.74) is 0.473. The molecule has 1 aromatic rings. The number of hydrogen-bond acceptors (Lipinski definition) is 1. The second-order valence-electron chi connectivity index (χ2n) is 2.68. The van der Waals surface area contributed by atoms with Crippen LogP contribution in [-0.4, -0.2) is 5.78 Å². The Labute approximate surface area is 89.0 Å². The molecule has 0 aliphatic carbocycles. The van der Waals surface area contributed by atoms with E-state index in [1.807, 2.05) is 0 Å². The third kappa shape index (κ3) is 2.78. The Bertz CT molecular complexity index is 320. The maximum Gasteiger partial charge on any atom is 0.152 e. The van der Waals surface area contributed by atoms with Crippen molar-refractivity contribution in [3.63, 3.8) is 0 Å². The topological polar surface area (TPSA) is 17.1 Å². The van der Waals surface area contributed by atoms with Gasteiger partial charge in [-0.3, -0.25) is 4.79 Å². The third-order valence-electron chi connectivity index (χ3n) is 1.53. The monoisotopic (exact) mass is 264 g/mol. The van der Waals surface area contributed by atoms with E-state index in [1.54, 1.807) is 6.07 Å². The minimum absolute atomic E-state index is 0.195. The Kier molecular flexibility index (Phi) is 3.45. The molecule has 0 aliphatic heterocycles. The van der Waals surface area contributed by atoms with Crippen LogP contribution in [0.1, 0.15) is 17.9 Å². The number of Topliss-reactive ketones (excluding diaryl/α,β-unsaturated/α-hetero) is 1. The Morgan fingerprint density at radius 2 is 2.15 bits per heavy atom. The lowest BCUT2D eigenvalue weighted by Gasteiger charge is -2.06. The Morgan fingerprint density at radius 1 is 1.54 bits per heavy atom. The molecule has 0 fully saturated rings. The van der Waals surface area contributed by atoms with Crippen LogP contribution in [0.5, 0.6) is 0 Å². The summed E-state index contributed by atoms with van der Waals surface area (Å²) in [6.45, 7) is 1.37. The van der Waals surface area contributed by atoms with Crippen LogP contribution in [0.3, 0.4) is 0 Å². The first-order valence-electron chi connectivity index (χ1n) is 3.61. The predicted octanol–water partition coefficient (Wildman–Crippen LogP) is 3.46. The normalized spacial score (nSPS) is 12.6. The van der Waals surface area contributed by atoms with Crippen LogP contribution in [0.15, 0.2) is 22.7 Å². The molecule has 0 aromatic heterocycles. The number of benzene rings is 1. The van der Waals surface area contributed by atoms with Crippen LogP contribution in [0.4, 0.5) is 4.39 Å². The smallest absolute Gasteiger partial charge is 0.152 e. The molecule has 13 heavy (non-hydrogen) atoms. The number of rotatable bonds is 2. The van der Waals surface area contributed by atoms with Crippen molar-refractivity contribution in [3.8, 4) is 0 Å². The summed E-state index contributed by atoms with van der Waals surface area (Å²) >= 11 is 8.87. The summed E-state index contributed by atoms with van der Waals surface area (Å²) in [6, 6.07) is 4.19. The highest BCUT2D eigenvalue weighted by molar-refractivity contribution is 9.10. The molecule has 0 heterocycles. The second kappa shape index (κ2) is 4.20. The van der Waals surface area contributed by atoms with Crippen LogP contribution in [0, 0.1) is 5.82 Å². The van der Waals surface area contributed by atoms with Gasteiger partial charge in [0.15, 0.2) is 5.78 Å². The fraction of sp³-hybridized carbons (Fsp3) is 0.222. The summed E-state index contributed by atoms with van der Waals surface area (Å²) in [5, 5.41) is -0.771. The molecule has 1 atom stereocenters. The molecule has 1 unspecified atom stereocenters. The van der Waals surface area contributed by atoms with E-state index in [0.29, 0.717) is 10.0 Å².